The largest absolute Gasteiger partial charge is 0.487 e. The zero-order valence-electron chi connectivity index (χ0n) is 12.6. The minimum absolute atomic E-state index is 0.160. The van der Waals surface area contributed by atoms with Crippen LogP contribution in [0.15, 0.2) is 35.1 Å². The predicted molar refractivity (Wildman–Crippen MR) is 86.6 cm³/mol. The molecule has 3 aromatic rings. The van der Waals surface area contributed by atoms with Crippen LogP contribution in [0.5, 0.6) is 5.75 Å². The number of ether oxygens (including phenoxy) is 1. The van der Waals surface area contributed by atoms with Gasteiger partial charge in [0.15, 0.2) is 0 Å². The van der Waals surface area contributed by atoms with E-state index < -0.39 is 0 Å². The summed E-state index contributed by atoms with van der Waals surface area (Å²) in [4.78, 5) is 17.2. The first-order valence-electron chi connectivity index (χ1n) is 7.24. The third kappa shape index (κ3) is 3.01. The maximum atomic E-state index is 12.1. The molecule has 2 aromatic heterocycles. The number of hydrogen-bond donors (Lipinski definition) is 0. The summed E-state index contributed by atoms with van der Waals surface area (Å²) >= 11 is 1.46. The van der Waals surface area contributed by atoms with Crippen molar-refractivity contribution in [3.05, 3.63) is 57.0 Å². The molecule has 0 saturated heterocycles. The average molecular weight is 315 g/mol. The quantitative estimate of drug-likeness (QED) is 0.726. The molecule has 0 saturated carbocycles. The van der Waals surface area contributed by atoms with E-state index in [4.69, 9.17) is 4.74 Å². The molecule has 22 heavy (non-hydrogen) atoms. The number of para-hydroxylation sites is 1. The summed E-state index contributed by atoms with van der Waals surface area (Å²) < 4.78 is 7.12. The average Bonchev–Trinajstić information content (AvgIpc) is 2.90. The fourth-order valence-corrected chi connectivity index (χ4v) is 3.17. The summed E-state index contributed by atoms with van der Waals surface area (Å²) in [5.74, 6) is 0.806. The molecular weight excluding hydrogens is 298 g/mol. The van der Waals surface area contributed by atoms with E-state index >= 15 is 0 Å². The van der Waals surface area contributed by atoms with E-state index in [0.717, 1.165) is 29.2 Å². The molecule has 0 spiro atoms. The Morgan fingerprint density at radius 3 is 2.91 bits per heavy atom. The highest BCUT2D eigenvalue weighted by Crippen LogP contribution is 2.18. The van der Waals surface area contributed by atoms with Crippen LogP contribution in [0.4, 0.5) is 0 Å². The maximum absolute atomic E-state index is 12.1. The molecule has 0 fully saturated rings. The van der Waals surface area contributed by atoms with E-state index in [1.807, 2.05) is 31.2 Å². The molecule has 1 aromatic carbocycles. The van der Waals surface area contributed by atoms with E-state index in [-0.39, 0.29) is 12.2 Å². The lowest BCUT2D eigenvalue weighted by Gasteiger charge is -2.07. The lowest BCUT2D eigenvalue weighted by molar-refractivity contribution is 0.299. The first-order valence-corrected chi connectivity index (χ1v) is 8.06. The van der Waals surface area contributed by atoms with Gasteiger partial charge >= 0.3 is 0 Å². The van der Waals surface area contributed by atoms with Gasteiger partial charge in [-0.05, 0) is 25.0 Å². The molecule has 0 aliphatic rings. The molecule has 0 amide bonds. The van der Waals surface area contributed by atoms with Crippen molar-refractivity contribution in [3.8, 4) is 5.75 Å². The van der Waals surface area contributed by atoms with Gasteiger partial charge < -0.3 is 4.74 Å². The van der Waals surface area contributed by atoms with E-state index in [1.165, 1.54) is 21.9 Å². The normalized spacial score (nSPS) is 11.0. The van der Waals surface area contributed by atoms with Crippen molar-refractivity contribution in [3.63, 3.8) is 0 Å². The molecule has 0 unspecified atom stereocenters. The second kappa shape index (κ2) is 6.27. The number of hydrogen-bond acceptors (Lipinski definition) is 5. The Balaban J connectivity index is 1.85. The Kier molecular flexibility index (Phi) is 4.20. The van der Waals surface area contributed by atoms with Crippen LogP contribution in [0.1, 0.15) is 29.6 Å². The molecule has 0 atom stereocenters. The summed E-state index contributed by atoms with van der Waals surface area (Å²) in [5.41, 5.74) is 1.52. The molecule has 0 bridgehead atoms. The summed E-state index contributed by atoms with van der Waals surface area (Å²) in [5, 5.41) is 5.23. The minimum Gasteiger partial charge on any atom is -0.487 e. The van der Waals surface area contributed by atoms with Crippen LogP contribution < -0.4 is 10.3 Å². The standard InChI is InChI=1S/C16H17N3O2S/c1-3-6-14-18-19-15(20)9-12(17-16(19)22-14)10-21-13-8-5-4-7-11(13)2/h4-5,7-9H,3,6,10H2,1-2H3. The van der Waals surface area contributed by atoms with Gasteiger partial charge in [0, 0.05) is 12.5 Å². The second-order valence-electron chi connectivity index (χ2n) is 5.08. The van der Waals surface area contributed by atoms with E-state index in [0.29, 0.717) is 10.7 Å². The summed E-state index contributed by atoms with van der Waals surface area (Å²) in [6.07, 6.45) is 1.86. The Hall–Kier alpha value is -2.21. The molecule has 0 N–H and O–H groups in total. The van der Waals surface area contributed by atoms with Gasteiger partial charge in [0.1, 0.15) is 17.4 Å². The van der Waals surface area contributed by atoms with Crippen molar-refractivity contribution in [2.75, 3.05) is 0 Å². The van der Waals surface area contributed by atoms with Crippen LogP contribution in [0, 0.1) is 6.92 Å². The maximum Gasteiger partial charge on any atom is 0.275 e. The number of benzene rings is 1. The van der Waals surface area contributed by atoms with Crippen molar-refractivity contribution in [1.82, 2.24) is 14.6 Å². The minimum atomic E-state index is -0.160. The third-order valence-corrected chi connectivity index (χ3v) is 4.24. The van der Waals surface area contributed by atoms with Crippen LogP contribution in [0.3, 0.4) is 0 Å². The van der Waals surface area contributed by atoms with Crippen LogP contribution in [0.25, 0.3) is 4.96 Å². The van der Waals surface area contributed by atoms with Crippen LogP contribution >= 0.6 is 11.3 Å². The molecule has 5 nitrogen and oxygen atoms in total. The van der Waals surface area contributed by atoms with Gasteiger partial charge in [0.25, 0.3) is 5.56 Å². The number of aromatic nitrogens is 3. The van der Waals surface area contributed by atoms with Crippen LogP contribution in [-0.2, 0) is 13.0 Å². The van der Waals surface area contributed by atoms with Gasteiger partial charge in [-0.3, -0.25) is 4.79 Å². The second-order valence-corrected chi connectivity index (χ2v) is 6.12. The Bertz CT molecular complexity index is 854. The van der Waals surface area contributed by atoms with Gasteiger partial charge in [0.2, 0.25) is 4.96 Å². The molecule has 6 heteroatoms. The number of aryl methyl sites for hydroxylation is 2. The monoisotopic (exact) mass is 315 g/mol. The Morgan fingerprint density at radius 1 is 1.32 bits per heavy atom. The highest BCUT2D eigenvalue weighted by Gasteiger charge is 2.09. The topological polar surface area (TPSA) is 56.5 Å². The first-order chi connectivity index (χ1) is 10.7. The smallest absolute Gasteiger partial charge is 0.275 e. The van der Waals surface area contributed by atoms with Crippen molar-refractivity contribution in [1.29, 1.82) is 0 Å². The molecule has 2 heterocycles. The van der Waals surface area contributed by atoms with Gasteiger partial charge in [0.05, 0.1) is 5.69 Å². The Morgan fingerprint density at radius 2 is 2.14 bits per heavy atom. The zero-order chi connectivity index (χ0) is 15.5. The lowest BCUT2D eigenvalue weighted by Crippen LogP contribution is -2.16. The first kappa shape index (κ1) is 14.7. The molecule has 0 radical (unpaired) electrons. The Labute approximate surface area is 132 Å². The fourth-order valence-electron chi connectivity index (χ4n) is 2.15. The van der Waals surface area contributed by atoms with Crippen molar-refractivity contribution in [2.45, 2.75) is 33.3 Å². The van der Waals surface area contributed by atoms with E-state index in [1.54, 1.807) is 0 Å². The lowest BCUT2D eigenvalue weighted by atomic mass is 10.2. The third-order valence-electron chi connectivity index (χ3n) is 3.27. The van der Waals surface area contributed by atoms with Gasteiger partial charge in [-0.15, -0.1) is 0 Å². The predicted octanol–water partition coefficient (Wildman–Crippen LogP) is 2.99. The van der Waals surface area contributed by atoms with Gasteiger partial charge in [-0.1, -0.05) is 36.5 Å². The van der Waals surface area contributed by atoms with Crippen molar-refractivity contribution in [2.24, 2.45) is 0 Å². The molecule has 0 aliphatic carbocycles. The van der Waals surface area contributed by atoms with Crippen LogP contribution in [0.2, 0.25) is 0 Å². The van der Waals surface area contributed by atoms with Crippen LogP contribution in [-0.4, -0.2) is 14.6 Å². The summed E-state index contributed by atoms with van der Waals surface area (Å²) in [7, 11) is 0. The number of fused-ring (bicyclic) bond motifs is 1. The zero-order valence-corrected chi connectivity index (χ0v) is 13.4. The highest BCUT2D eigenvalue weighted by molar-refractivity contribution is 7.16. The van der Waals surface area contributed by atoms with Gasteiger partial charge in [-0.2, -0.15) is 9.61 Å². The van der Waals surface area contributed by atoms with E-state index in [9.17, 15) is 4.79 Å². The van der Waals surface area contributed by atoms with Crippen molar-refractivity contribution < 1.29 is 4.74 Å². The van der Waals surface area contributed by atoms with Crippen molar-refractivity contribution >= 4 is 16.3 Å². The molecule has 114 valence electrons. The number of rotatable bonds is 5. The highest BCUT2D eigenvalue weighted by atomic mass is 32.1. The van der Waals surface area contributed by atoms with E-state index in [2.05, 4.69) is 17.0 Å². The van der Waals surface area contributed by atoms with Gasteiger partial charge in [-0.25, -0.2) is 4.98 Å². The number of nitrogens with zero attached hydrogens (tertiary/aromatic N) is 3. The molecule has 3 rings (SSSR count). The SMILES string of the molecule is CCCc1nn2c(=O)cc(COc3ccccc3C)nc2s1. The fraction of sp³-hybridized carbons (Fsp3) is 0.312. The molecule has 0 aliphatic heterocycles. The molecular formula is C16H17N3O2S. The summed E-state index contributed by atoms with van der Waals surface area (Å²) in [6.45, 7) is 4.35. The summed E-state index contributed by atoms with van der Waals surface area (Å²) in [6, 6.07) is 9.27.